The molecule has 0 aliphatic heterocycles. The van der Waals surface area contributed by atoms with Crippen molar-refractivity contribution in [3.63, 3.8) is 0 Å². The first-order valence-electron chi connectivity index (χ1n) is 5.50. The molecule has 0 atom stereocenters. The van der Waals surface area contributed by atoms with Crippen LogP contribution in [0.15, 0.2) is 18.2 Å². The lowest BCUT2D eigenvalue weighted by Crippen LogP contribution is -2.18. The molecule has 0 saturated carbocycles. The standard InChI is InChI=1S/C12H15N3OS.ClH/c1-8-14-10-4-3-9(7-11(10)17-8)15-12(16)5-6-13-2;/h3-4,7,13H,5-6H2,1-2H3,(H,15,16);1H. The molecular formula is C12H16ClN3OS. The minimum atomic E-state index is 0. The number of carbonyl (C=O) groups excluding carboxylic acids is 1. The van der Waals surface area contributed by atoms with E-state index in [4.69, 9.17) is 0 Å². The van der Waals surface area contributed by atoms with Gasteiger partial charge >= 0.3 is 0 Å². The summed E-state index contributed by atoms with van der Waals surface area (Å²) in [6.45, 7) is 2.67. The predicted molar refractivity (Wildman–Crippen MR) is 78.8 cm³/mol. The van der Waals surface area contributed by atoms with Gasteiger partial charge in [-0.2, -0.15) is 0 Å². The summed E-state index contributed by atoms with van der Waals surface area (Å²) in [5.74, 6) is 0.0277. The van der Waals surface area contributed by atoms with E-state index >= 15 is 0 Å². The number of benzene rings is 1. The Kier molecular flexibility index (Phi) is 5.53. The van der Waals surface area contributed by atoms with E-state index in [2.05, 4.69) is 15.6 Å². The summed E-state index contributed by atoms with van der Waals surface area (Å²) >= 11 is 1.64. The van der Waals surface area contributed by atoms with E-state index in [0.29, 0.717) is 13.0 Å². The topological polar surface area (TPSA) is 54.0 Å². The molecule has 1 amide bonds. The molecule has 18 heavy (non-hydrogen) atoms. The van der Waals surface area contributed by atoms with Crippen LogP contribution in [0.3, 0.4) is 0 Å². The highest BCUT2D eigenvalue weighted by Gasteiger charge is 2.04. The van der Waals surface area contributed by atoms with Crippen molar-refractivity contribution in [3.8, 4) is 0 Å². The third-order valence-corrected chi connectivity index (χ3v) is 3.31. The number of carbonyl (C=O) groups is 1. The van der Waals surface area contributed by atoms with Gasteiger partial charge in [0.25, 0.3) is 0 Å². The molecule has 6 heteroatoms. The molecule has 0 unspecified atom stereocenters. The molecule has 0 saturated heterocycles. The molecule has 0 spiro atoms. The molecule has 4 nitrogen and oxygen atoms in total. The molecule has 2 aromatic rings. The molecule has 0 bridgehead atoms. The van der Waals surface area contributed by atoms with Crippen molar-refractivity contribution in [2.24, 2.45) is 0 Å². The van der Waals surface area contributed by atoms with E-state index < -0.39 is 0 Å². The fraction of sp³-hybridized carbons (Fsp3) is 0.333. The van der Waals surface area contributed by atoms with Crippen LogP contribution in [0.1, 0.15) is 11.4 Å². The number of fused-ring (bicyclic) bond motifs is 1. The number of rotatable bonds is 4. The van der Waals surface area contributed by atoms with Crippen molar-refractivity contribution >= 4 is 45.6 Å². The smallest absolute Gasteiger partial charge is 0.225 e. The van der Waals surface area contributed by atoms with Gasteiger partial charge in [0.15, 0.2) is 0 Å². The van der Waals surface area contributed by atoms with Gasteiger partial charge in [-0.1, -0.05) is 0 Å². The molecule has 1 aromatic heterocycles. The maximum Gasteiger partial charge on any atom is 0.225 e. The lowest BCUT2D eigenvalue weighted by molar-refractivity contribution is -0.116. The van der Waals surface area contributed by atoms with Gasteiger partial charge in [0.2, 0.25) is 5.91 Å². The van der Waals surface area contributed by atoms with Crippen LogP contribution in [-0.4, -0.2) is 24.5 Å². The van der Waals surface area contributed by atoms with Crippen molar-refractivity contribution in [2.45, 2.75) is 13.3 Å². The quantitative estimate of drug-likeness (QED) is 0.908. The zero-order valence-electron chi connectivity index (χ0n) is 10.3. The van der Waals surface area contributed by atoms with Crippen LogP contribution in [0.5, 0.6) is 0 Å². The van der Waals surface area contributed by atoms with Gasteiger partial charge in [0.1, 0.15) is 0 Å². The average molecular weight is 286 g/mol. The third kappa shape index (κ3) is 3.66. The Bertz CT molecular complexity index is 541. The second-order valence-corrected chi connectivity index (χ2v) is 5.05. The highest BCUT2D eigenvalue weighted by Crippen LogP contribution is 2.24. The Balaban J connectivity index is 0.00000162. The van der Waals surface area contributed by atoms with Crippen LogP contribution in [0, 0.1) is 6.92 Å². The average Bonchev–Trinajstić information content (AvgIpc) is 2.65. The molecule has 0 radical (unpaired) electrons. The fourth-order valence-corrected chi connectivity index (χ4v) is 2.45. The maximum atomic E-state index is 11.5. The normalized spacial score (nSPS) is 10.1. The predicted octanol–water partition coefficient (Wildman–Crippen LogP) is 2.57. The molecular weight excluding hydrogens is 270 g/mol. The first-order chi connectivity index (χ1) is 8.19. The number of aromatic nitrogens is 1. The Labute approximate surface area is 116 Å². The molecule has 2 N–H and O–H groups in total. The minimum Gasteiger partial charge on any atom is -0.326 e. The van der Waals surface area contributed by atoms with Crippen LogP contribution >= 0.6 is 23.7 Å². The summed E-state index contributed by atoms with van der Waals surface area (Å²) < 4.78 is 1.11. The highest BCUT2D eigenvalue weighted by molar-refractivity contribution is 7.18. The van der Waals surface area contributed by atoms with Crippen LogP contribution in [-0.2, 0) is 4.79 Å². The SMILES string of the molecule is CNCCC(=O)Nc1ccc2nc(C)sc2c1.Cl. The summed E-state index contributed by atoms with van der Waals surface area (Å²) in [5, 5.41) is 6.87. The molecule has 0 aliphatic carbocycles. The molecule has 1 aromatic carbocycles. The zero-order chi connectivity index (χ0) is 12.3. The molecule has 0 fully saturated rings. The lowest BCUT2D eigenvalue weighted by Gasteiger charge is -2.04. The van der Waals surface area contributed by atoms with Crippen molar-refractivity contribution in [3.05, 3.63) is 23.2 Å². The fourth-order valence-electron chi connectivity index (χ4n) is 1.58. The summed E-state index contributed by atoms with van der Waals surface area (Å²) in [5.41, 5.74) is 1.82. The van der Waals surface area contributed by atoms with E-state index in [0.717, 1.165) is 20.9 Å². The second kappa shape index (κ2) is 6.68. The van der Waals surface area contributed by atoms with Crippen molar-refractivity contribution in [1.29, 1.82) is 0 Å². The summed E-state index contributed by atoms with van der Waals surface area (Å²) in [4.78, 5) is 15.9. The van der Waals surface area contributed by atoms with Crippen LogP contribution in [0.2, 0.25) is 0 Å². The largest absolute Gasteiger partial charge is 0.326 e. The minimum absolute atomic E-state index is 0. The summed E-state index contributed by atoms with van der Waals surface area (Å²) in [6, 6.07) is 5.79. The van der Waals surface area contributed by atoms with E-state index in [9.17, 15) is 4.79 Å². The Morgan fingerprint density at radius 3 is 2.94 bits per heavy atom. The number of halogens is 1. The Morgan fingerprint density at radius 2 is 2.22 bits per heavy atom. The van der Waals surface area contributed by atoms with E-state index in [1.54, 1.807) is 11.3 Å². The lowest BCUT2D eigenvalue weighted by atomic mass is 10.3. The van der Waals surface area contributed by atoms with Gasteiger partial charge in [-0.25, -0.2) is 4.98 Å². The van der Waals surface area contributed by atoms with E-state index in [1.165, 1.54) is 0 Å². The van der Waals surface area contributed by atoms with Gasteiger partial charge in [0, 0.05) is 18.7 Å². The van der Waals surface area contributed by atoms with E-state index in [-0.39, 0.29) is 18.3 Å². The summed E-state index contributed by atoms with van der Waals surface area (Å²) in [6.07, 6.45) is 0.482. The molecule has 2 rings (SSSR count). The van der Waals surface area contributed by atoms with Crippen molar-refractivity contribution in [2.75, 3.05) is 18.9 Å². The van der Waals surface area contributed by atoms with Gasteiger partial charge in [-0.05, 0) is 32.2 Å². The second-order valence-electron chi connectivity index (χ2n) is 3.82. The van der Waals surface area contributed by atoms with Gasteiger partial charge in [-0.15, -0.1) is 23.7 Å². The van der Waals surface area contributed by atoms with Crippen molar-refractivity contribution < 1.29 is 4.79 Å². The van der Waals surface area contributed by atoms with E-state index in [1.807, 2.05) is 32.2 Å². The number of hydrogen-bond acceptors (Lipinski definition) is 4. The number of thiazole rings is 1. The molecule has 0 aliphatic rings. The molecule has 98 valence electrons. The van der Waals surface area contributed by atoms with Gasteiger partial charge in [0.05, 0.1) is 15.2 Å². The first kappa shape index (κ1) is 14.9. The van der Waals surface area contributed by atoms with Crippen LogP contribution < -0.4 is 10.6 Å². The summed E-state index contributed by atoms with van der Waals surface area (Å²) in [7, 11) is 1.83. The first-order valence-corrected chi connectivity index (χ1v) is 6.32. The Hall–Kier alpha value is -1.17. The van der Waals surface area contributed by atoms with Crippen molar-refractivity contribution in [1.82, 2.24) is 10.3 Å². The number of aryl methyl sites for hydroxylation is 1. The Morgan fingerprint density at radius 1 is 1.44 bits per heavy atom. The number of amides is 1. The monoisotopic (exact) mass is 285 g/mol. The number of nitrogens with one attached hydrogen (secondary N) is 2. The zero-order valence-corrected chi connectivity index (χ0v) is 12.0. The maximum absolute atomic E-state index is 11.5. The molecule has 1 heterocycles. The van der Waals surface area contributed by atoms with Gasteiger partial charge in [-0.3, -0.25) is 4.79 Å². The number of nitrogens with zero attached hydrogens (tertiary/aromatic N) is 1. The number of hydrogen-bond donors (Lipinski definition) is 2. The van der Waals surface area contributed by atoms with Crippen LogP contribution in [0.4, 0.5) is 5.69 Å². The third-order valence-electron chi connectivity index (χ3n) is 2.38. The highest BCUT2D eigenvalue weighted by atomic mass is 35.5. The van der Waals surface area contributed by atoms with Gasteiger partial charge < -0.3 is 10.6 Å². The number of anilines is 1. The van der Waals surface area contributed by atoms with Crippen LogP contribution in [0.25, 0.3) is 10.2 Å².